The van der Waals surface area contributed by atoms with Crippen LogP contribution in [-0.2, 0) is 0 Å². The molecule has 2 aromatic rings. The van der Waals surface area contributed by atoms with Crippen molar-refractivity contribution < 1.29 is 14.8 Å². The fraction of sp³-hybridized carbons (Fsp3) is 0.0714. The fourth-order valence-electron chi connectivity index (χ4n) is 1.68. The molecule has 0 radical (unpaired) electrons. The molecule has 0 amide bonds. The average molecular weight is 287 g/mol. The van der Waals surface area contributed by atoms with E-state index in [1.165, 1.54) is 25.5 Å². The molecule has 2 rings (SSSR count). The largest absolute Gasteiger partial charge is 0.504 e. The lowest BCUT2D eigenvalue weighted by atomic mass is 10.2. The number of nitrogens with one attached hydrogen (secondary N) is 1. The Labute approximate surface area is 120 Å². The molecule has 0 spiro atoms. The summed E-state index contributed by atoms with van der Waals surface area (Å²) in [6.07, 6.45) is 1.47. The Morgan fingerprint density at radius 2 is 2.10 bits per heavy atom. The maximum atomic E-state index is 10.8. The summed E-state index contributed by atoms with van der Waals surface area (Å²) in [5.74, 6) is 0.353. The number of rotatable bonds is 5. The van der Waals surface area contributed by atoms with Gasteiger partial charge in [0.1, 0.15) is 5.69 Å². The van der Waals surface area contributed by atoms with Crippen molar-refractivity contribution in [2.24, 2.45) is 5.10 Å². The topological polar surface area (TPSA) is 97.0 Å². The molecule has 0 heterocycles. The van der Waals surface area contributed by atoms with Crippen LogP contribution in [-0.4, -0.2) is 23.4 Å². The minimum absolute atomic E-state index is 0.0290. The van der Waals surface area contributed by atoms with Gasteiger partial charge < -0.3 is 9.84 Å². The van der Waals surface area contributed by atoms with Crippen molar-refractivity contribution in [1.82, 2.24) is 0 Å². The molecule has 0 aromatic heterocycles. The summed E-state index contributed by atoms with van der Waals surface area (Å²) >= 11 is 0. The third kappa shape index (κ3) is 3.47. The Kier molecular flexibility index (Phi) is 4.35. The molecule has 0 aliphatic heterocycles. The Morgan fingerprint density at radius 3 is 2.81 bits per heavy atom. The second kappa shape index (κ2) is 6.38. The number of hydrogen-bond donors (Lipinski definition) is 2. The van der Waals surface area contributed by atoms with Crippen molar-refractivity contribution in [3.8, 4) is 11.5 Å². The molecule has 2 N–H and O–H groups in total. The van der Waals surface area contributed by atoms with Gasteiger partial charge in [-0.15, -0.1) is 0 Å². The highest BCUT2D eigenvalue weighted by Crippen LogP contribution is 2.26. The van der Waals surface area contributed by atoms with E-state index in [1.54, 1.807) is 30.3 Å². The monoisotopic (exact) mass is 287 g/mol. The lowest BCUT2D eigenvalue weighted by Gasteiger charge is -2.04. The number of nitro benzene ring substituents is 1. The van der Waals surface area contributed by atoms with E-state index < -0.39 is 4.92 Å². The van der Waals surface area contributed by atoms with Gasteiger partial charge in [-0.25, -0.2) is 0 Å². The van der Waals surface area contributed by atoms with Crippen LogP contribution in [0.4, 0.5) is 11.4 Å². The minimum atomic E-state index is -0.485. The number of anilines is 1. The number of hydrazone groups is 1. The van der Waals surface area contributed by atoms with Gasteiger partial charge in [0.2, 0.25) is 0 Å². The van der Waals surface area contributed by atoms with Gasteiger partial charge in [-0.05, 0) is 29.8 Å². The number of aromatic hydroxyl groups is 1. The first kappa shape index (κ1) is 14.3. The van der Waals surface area contributed by atoms with E-state index in [0.717, 1.165) is 0 Å². The van der Waals surface area contributed by atoms with Crippen LogP contribution in [0.1, 0.15) is 5.56 Å². The fourth-order valence-corrected chi connectivity index (χ4v) is 1.68. The number of para-hydroxylation sites is 2. The summed E-state index contributed by atoms with van der Waals surface area (Å²) in [5, 5.41) is 24.3. The Bertz CT molecular complexity index is 686. The molecule has 0 fully saturated rings. The normalized spacial score (nSPS) is 10.5. The maximum Gasteiger partial charge on any atom is 0.294 e. The summed E-state index contributed by atoms with van der Waals surface area (Å²) in [6, 6.07) is 10.9. The molecule has 7 nitrogen and oxygen atoms in total. The van der Waals surface area contributed by atoms with Gasteiger partial charge >= 0.3 is 0 Å². The number of ether oxygens (including phenoxy) is 1. The summed E-state index contributed by atoms with van der Waals surface area (Å²) in [6.45, 7) is 0. The van der Waals surface area contributed by atoms with E-state index in [0.29, 0.717) is 17.0 Å². The van der Waals surface area contributed by atoms with Crippen LogP contribution >= 0.6 is 0 Å². The van der Waals surface area contributed by atoms with Crippen LogP contribution in [0.25, 0.3) is 0 Å². The number of nitrogens with zero attached hydrogens (tertiary/aromatic N) is 2. The van der Waals surface area contributed by atoms with Gasteiger partial charge in [-0.3, -0.25) is 15.5 Å². The standard InChI is InChI=1S/C14H13N3O4/c1-21-14-8-10(6-7-13(14)18)9-15-16-11-4-2-3-5-12(11)17(19)20/h2-9,16,18H,1H3/b15-9+. The van der Waals surface area contributed by atoms with Crippen molar-refractivity contribution in [3.05, 3.63) is 58.1 Å². The van der Waals surface area contributed by atoms with Crippen LogP contribution in [0.3, 0.4) is 0 Å². The summed E-state index contributed by atoms with van der Waals surface area (Å²) in [7, 11) is 1.45. The predicted molar refractivity (Wildman–Crippen MR) is 79.0 cm³/mol. The first-order valence-corrected chi connectivity index (χ1v) is 6.01. The average Bonchev–Trinajstić information content (AvgIpc) is 2.49. The predicted octanol–water partition coefficient (Wildman–Crippen LogP) is 2.76. The number of phenols is 1. The van der Waals surface area contributed by atoms with Gasteiger partial charge in [0.25, 0.3) is 5.69 Å². The molecule has 0 atom stereocenters. The number of nitro groups is 1. The van der Waals surface area contributed by atoms with Crippen LogP contribution in [0.5, 0.6) is 11.5 Å². The summed E-state index contributed by atoms with van der Waals surface area (Å²) < 4.78 is 4.98. The minimum Gasteiger partial charge on any atom is -0.504 e. The number of phenolic OH excluding ortho intramolecular Hbond substituents is 1. The third-order valence-corrected chi connectivity index (χ3v) is 2.70. The lowest BCUT2D eigenvalue weighted by Crippen LogP contribution is -1.96. The second-order valence-corrected chi connectivity index (χ2v) is 4.08. The first-order chi connectivity index (χ1) is 10.1. The third-order valence-electron chi connectivity index (χ3n) is 2.70. The molecule has 2 aromatic carbocycles. The van der Waals surface area contributed by atoms with Gasteiger partial charge in [-0.1, -0.05) is 12.1 Å². The van der Waals surface area contributed by atoms with Crippen LogP contribution in [0.15, 0.2) is 47.6 Å². The lowest BCUT2D eigenvalue weighted by molar-refractivity contribution is -0.384. The van der Waals surface area contributed by atoms with E-state index in [4.69, 9.17) is 4.74 Å². The Balaban J connectivity index is 2.15. The van der Waals surface area contributed by atoms with E-state index >= 15 is 0 Å². The smallest absolute Gasteiger partial charge is 0.294 e. The van der Waals surface area contributed by atoms with E-state index in [-0.39, 0.29) is 11.4 Å². The van der Waals surface area contributed by atoms with Gasteiger partial charge in [0.15, 0.2) is 11.5 Å². The van der Waals surface area contributed by atoms with Gasteiger partial charge in [-0.2, -0.15) is 5.10 Å². The molecule has 108 valence electrons. The van der Waals surface area contributed by atoms with E-state index in [1.807, 2.05) is 0 Å². The van der Waals surface area contributed by atoms with Crippen molar-refractivity contribution >= 4 is 17.6 Å². The number of benzene rings is 2. The molecule has 0 saturated heterocycles. The molecule has 21 heavy (non-hydrogen) atoms. The quantitative estimate of drug-likeness (QED) is 0.500. The van der Waals surface area contributed by atoms with Crippen LogP contribution in [0, 0.1) is 10.1 Å². The van der Waals surface area contributed by atoms with Crippen LogP contribution in [0.2, 0.25) is 0 Å². The summed E-state index contributed by atoms with van der Waals surface area (Å²) in [4.78, 5) is 10.4. The Morgan fingerprint density at radius 1 is 1.33 bits per heavy atom. The molecule has 0 aliphatic rings. The van der Waals surface area contributed by atoms with Crippen LogP contribution < -0.4 is 10.2 Å². The number of hydrogen-bond acceptors (Lipinski definition) is 6. The zero-order valence-corrected chi connectivity index (χ0v) is 11.2. The summed E-state index contributed by atoms with van der Waals surface area (Å²) in [5.41, 5.74) is 3.53. The number of methoxy groups -OCH3 is 1. The van der Waals surface area contributed by atoms with Crippen molar-refractivity contribution in [2.75, 3.05) is 12.5 Å². The molecule has 0 aliphatic carbocycles. The molecule has 0 saturated carbocycles. The maximum absolute atomic E-state index is 10.8. The van der Waals surface area contributed by atoms with Crippen molar-refractivity contribution in [1.29, 1.82) is 0 Å². The van der Waals surface area contributed by atoms with Crippen molar-refractivity contribution in [3.63, 3.8) is 0 Å². The molecule has 0 bridgehead atoms. The SMILES string of the molecule is COc1cc(/C=N/Nc2ccccc2[N+](=O)[O-])ccc1O. The zero-order valence-electron chi connectivity index (χ0n) is 11.2. The Hall–Kier alpha value is -3.09. The zero-order chi connectivity index (χ0) is 15.2. The van der Waals surface area contributed by atoms with Gasteiger partial charge in [0, 0.05) is 6.07 Å². The first-order valence-electron chi connectivity index (χ1n) is 6.01. The highest BCUT2D eigenvalue weighted by atomic mass is 16.6. The molecule has 7 heteroatoms. The van der Waals surface area contributed by atoms with E-state index in [2.05, 4.69) is 10.5 Å². The van der Waals surface area contributed by atoms with Gasteiger partial charge in [0.05, 0.1) is 18.2 Å². The molecular formula is C14H13N3O4. The molecular weight excluding hydrogens is 274 g/mol. The highest BCUT2D eigenvalue weighted by molar-refractivity contribution is 5.81. The second-order valence-electron chi connectivity index (χ2n) is 4.08. The highest BCUT2D eigenvalue weighted by Gasteiger charge is 2.10. The van der Waals surface area contributed by atoms with Crippen molar-refractivity contribution in [2.45, 2.75) is 0 Å². The molecule has 0 unspecified atom stereocenters. The van der Waals surface area contributed by atoms with E-state index in [9.17, 15) is 15.2 Å².